The third-order valence-electron chi connectivity index (χ3n) is 13.4. The van der Waals surface area contributed by atoms with Crippen LogP contribution in [0.2, 0.25) is 0 Å². The fourth-order valence-corrected chi connectivity index (χ4v) is 10.8. The van der Waals surface area contributed by atoms with E-state index in [2.05, 4.69) is 215 Å². The molecule has 2 nitrogen and oxygen atoms in total. The van der Waals surface area contributed by atoms with Crippen molar-refractivity contribution in [3.8, 4) is 44.8 Å². The van der Waals surface area contributed by atoms with Crippen LogP contribution in [0.25, 0.3) is 131 Å². The van der Waals surface area contributed by atoms with Gasteiger partial charge in [-0.3, -0.25) is 0 Å². The SMILES string of the molecule is c1ccc2c(c1)-c1cccc3c(-n4c5ccccc5c5cc(-c6ccc7c(c6)c6ccccc6n7-c6cc7c8ccccc8ccc7c7ccccc67)ccc54)ccc-2c13. The van der Waals surface area contributed by atoms with Crippen molar-refractivity contribution < 1.29 is 0 Å². The lowest BCUT2D eigenvalue weighted by atomic mass is 9.95. The van der Waals surface area contributed by atoms with Crippen LogP contribution in [0.5, 0.6) is 0 Å². The lowest BCUT2D eigenvalue weighted by molar-refractivity contribution is 1.20. The first-order chi connectivity index (χ1) is 29.8. The molecule has 0 saturated heterocycles. The second kappa shape index (κ2) is 11.8. The molecule has 276 valence electrons. The molecule has 2 heterocycles. The highest BCUT2D eigenvalue weighted by Crippen LogP contribution is 2.49. The van der Waals surface area contributed by atoms with Crippen LogP contribution in [0.15, 0.2) is 206 Å². The first-order valence-corrected chi connectivity index (χ1v) is 20.8. The molecule has 0 unspecified atom stereocenters. The van der Waals surface area contributed by atoms with Gasteiger partial charge >= 0.3 is 0 Å². The lowest BCUT2D eigenvalue weighted by Gasteiger charge is -2.16. The predicted octanol–water partition coefficient (Wildman–Crippen LogP) is 15.8. The number of aromatic nitrogens is 2. The van der Waals surface area contributed by atoms with Crippen molar-refractivity contribution in [2.24, 2.45) is 0 Å². The molecule has 13 aromatic rings. The van der Waals surface area contributed by atoms with Gasteiger partial charge < -0.3 is 9.13 Å². The maximum absolute atomic E-state index is 2.49. The summed E-state index contributed by atoms with van der Waals surface area (Å²) in [5.41, 5.74) is 15.0. The third kappa shape index (κ3) is 4.22. The van der Waals surface area contributed by atoms with Crippen molar-refractivity contribution in [2.75, 3.05) is 0 Å². The van der Waals surface area contributed by atoms with Gasteiger partial charge in [0.25, 0.3) is 0 Å². The molecule has 1 aliphatic carbocycles. The fourth-order valence-electron chi connectivity index (χ4n) is 10.8. The third-order valence-corrected chi connectivity index (χ3v) is 13.4. The molecule has 2 aromatic heterocycles. The summed E-state index contributed by atoms with van der Waals surface area (Å²) in [5.74, 6) is 0. The van der Waals surface area contributed by atoms with Crippen LogP contribution in [-0.2, 0) is 0 Å². The van der Waals surface area contributed by atoms with Gasteiger partial charge in [-0.2, -0.15) is 0 Å². The average Bonchev–Trinajstić information content (AvgIpc) is 3.95. The second-order valence-electron chi connectivity index (χ2n) is 16.4. The monoisotopic (exact) mass is 758 g/mol. The number of hydrogen-bond donors (Lipinski definition) is 0. The smallest absolute Gasteiger partial charge is 0.0547 e. The molecule has 2 heteroatoms. The summed E-state index contributed by atoms with van der Waals surface area (Å²) in [4.78, 5) is 0. The van der Waals surface area contributed by atoms with E-state index in [0.29, 0.717) is 0 Å². The minimum absolute atomic E-state index is 1.20. The largest absolute Gasteiger partial charge is 0.309 e. The van der Waals surface area contributed by atoms with Gasteiger partial charge in [-0.05, 0) is 114 Å². The number of rotatable bonds is 3. The number of nitrogens with zero attached hydrogens (tertiary/aromatic N) is 2. The van der Waals surface area contributed by atoms with E-state index < -0.39 is 0 Å². The summed E-state index contributed by atoms with van der Waals surface area (Å²) < 4.78 is 4.97. The lowest BCUT2D eigenvalue weighted by Crippen LogP contribution is -1.96. The Morgan fingerprint density at radius 2 is 0.733 bits per heavy atom. The summed E-state index contributed by atoms with van der Waals surface area (Å²) >= 11 is 0. The summed E-state index contributed by atoms with van der Waals surface area (Å²) in [6, 6.07) is 76.8. The quantitative estimate of drug-likeness (QED) is 0.159. The van der Waals surface area contributed by atoms with Gasteiger partial charge in [0.1, 0.15) is 0 Å². The molecule has 60 heavy (non-hydrogen) atoms. The van der Waals surface area contributed by atoms with E-state index in [1.54, 1.807) is 0 Å². The summed E-state index contributed by atoms with van der Waals surface area (Å²) in [7, 11) is 0. The standard InChI is InChI=1S/C58H34N2/c1-2-13-38-35(12-1)24-27-42-39-14-5-6-17-43(39)57(34-49(38)42)60-53-23-10-8-19-45(53)51-33-37(26-30-56(51)60)36-25-29-55-50(32-36)44-18-7-9-22-52(44)59(55)54-31-28-47-41-16-4-3-15-40(41)46-20-11-21-48(54)58(46)47/h1-34H. The van der Waals surface area contributed by atoms with Crippen LogP contribution in [0.1, 0.15) is 0 Å². The zero-order valence-corrected chi connectivity index (χ0v) is 32.5. The Balaban J connectivity index is 0.975. The molecular formula is C58H34N2. The van der Waals surface area contributed by atoms with E-state index in [0.717, 1.165) is 0 Å². The molecule has 0 atom stereocenters. The van der Waals surface area contributed by atoms with Crippen molar-refractivity contribution in [1.29, 1.82) is 0 Å². The molecule has 0 saturated carbocycles. The van der Waals surface area contributed by atoms with E-state index in [1.807, 2.05) is 0 Å². The molecular weight excluding hydrogens is 725 g/mol. The fraction of sp³-hybridized carbons (Fsp3) is 0. The van der Waals surface area contributed by atoms with E-state index in [-0.39, 0.29) is 0 Å². The van der Waals surface area contributed by atoms with Gasteiger partial charge in [0.15, 0.2) is 0 Å². The van der Waals surface area contributed by atoms with Gasteiger partial charge in [-0.1, -0.05) is 158 Å². The van der Waals surface area contributed by atoms with E-state index in [9.17, 15) is 0 Å². The van der Waals surface area contributed by atoms with Crippen molar-refractivity contribution in [1.82, 2.24) is 9.13 Å². The topological polar surface area (TPSA) is 9.86 Å². The Labute approximate surface area is 345 Å². The van der Waals surface area contributed by atoms with Crippen LogP contribution in [-0.4, -0.2) is 9.13 Å². The highest BCUT2D eigenvalue weighted by molar-refractivity contribution is 6.22. The number of benzene rings is 11. The van der Waals surface area contributed by atoms with Gasteiger partial charge in [0.2, 0.25) is 0 Å². The number of fused-ring (bicyclic) bond motifs is 14. The first kappa shape index (κ1) is 32.1. The van der Waals surface area contributed by atoms with Gasteiger partial charge in [0, 0.05) is 32.3 Å². The van der Waals surface area contributed by atoms with Gasteiger partial charge in [0.05, 0.1) is 33.4 Å². The molecule has 0 amide bonds. The molecule has 1 aliphatic rings. The molecule has 0 aliphatic heterocycles. The second-order valence-corrected chi connectivity index (χ2v) is 16.4. The molecule has 0 spiro atoms. The summed E-state index contributed by atoms with van der Waals surface area (Å²) in [6.45, 7) is 0. The Hall–Kier alpha value is -7.94. The summed E-state index contributed by atoms with van der Waals surface area (Å²) in [5, 5.41) is 15.3. The van der Waals surface area contributed by atoms with Crippen molar-refractivity contribution in [3.05, 3.63) is 206 Å². The zero-order valence-electron chi connectivity index (χ0n) is 32.5. The minimum atomic E-state index is 1.20. The maximum Gasteiger partial charge on any atom is 0.0547 e. The Morgan fingerprint density at radius 1 is 0.233 bits per heavy atom. The molecule has 11 aromatic carbocycles. The number of para-hydroxylation sites is 2. The van der Waals surface area contributed by atoms with E-state index in [1.165, 1.54) is 131 Å². The minimum Gasteiger partial charge on any atom is -0.309 e. The van der Waals surface area contributed by atoms with Crippen LogP contribution in [0, 0.1) is 0 Å². The Bertz CT molecular complexity index is 3980. The van der Waals surface area contributed by atoms with Crippen LogP contribution < -0.4 is 0 Å². The zero-order chi connectivity index (χ0) is 39.1. The Kier molecular flexibility index (Phi) is 6.32. The van der Waals surface area contributed by atoms with Gasteiger partial charge in [-0.15, -0.1) is 0 Å². The molecule has 0 bridgehead atoms. The van der Waals surface area contributed by atoms with E-state index in [4.69, 9.17) is 0 Å². The Morgan fingerprint density at radius 3 is 1.43 bits per heavy atom. The number of hydrogen-bond acceptors (Lipinski definition) is 0. The van der Waals surface area contributed by atoms with Crippen molar-refractivity contribution in [3.63, 3.8) is 0 Å². The average molecular weight is 759 g/mol. The molecule has 0 fully saturated rings. The highest BCUT2D eigenvalue weighted by Gasteiger charge is 2.24. The molecule has 14 rings (SSSR count). The normalized spacial score (nSPS) is 12.3. The van der Waals surface area contributed by atoms with Crippen LogP contribution >= 0.6 is 0 Å². The van der Waals surface area contributed by atoms with Crippen molar-refractivity contribution >= 4 is 86.7 Å². The van der Waals surface area contributed by atoms with Crippen molar-refractivity contribution in [2.45, 2.75) is 0 Å². The maximum atomic E-state index is 2.49. The van der Waals surface area contributed by atoms with Crippen LogP contribution in [0.3, 0.4) is 0 Å². The van der Waals surface area contributed by atoms with E-state index >= 15 is 0 Å². The van der Waals surface area contributed by atoms with Crippen LogP contribution in [0.4, 0.5) is 0 Å². The van der Waals surface area contributed by atoms with Gasteiger partial charge in [-0.25, -0.2) is 0 Å². The molecule has 0 N–H and O–H groups in total. The predicted molar refractivity (Wildman–Crippen MR) is 255 cm³/mol. The summed E-state index contributed by atoms with van der Waals surface area (Å²) in [6.07, 6.45) is 0. The first-order valence-electron chi connectivity index (χ1n) is 20.8. The molecule has 0 radical (unpaired) electrons. The highest BCUT2D eigenvalue weighted by atomic mass is 15.0.